The zero-order valence-electron chi connectivity index (χ0n) is 23.5. The van der Waals surface area contributed by atoms with Gasteiger partial charge in [0.05, 0.1) is 23.2 Å². The summed E-state index contributed by atoms with van der Waals surface area (Å²) in [5.41, 5.74) is 2.99. The van der Waals surface area contributed by atoms with Crippen LogP contribution in [0.25, 0.3) is 11.0 Å². The fourth-order valence-electron chi connectivity index (χ4n) is 6.20. The second-order valence-electron chi connectivity index (χ2n) is 12.2. The predicted octanol–water partition coefficient (Wildman–Crippen LogP) is 5.38. The van der Waals surface area contributed by atoms with Crippen LogP contribution in [0.1, 0.15) is 105 Å². The van der Waals surface area contributed by atoms with E-state index in [1.54, 1.807) is 16.9 Å². The highest BCUT2D eigenvalue weighted by molar-refractivity contribution is 5.93. The lowest BCUT2D eigenvalue weighted by atomic mass is 9.79. The van der Waals surface area contributed by atoms with Gasteiger partial charge in [0, 0.05) is 38.1 Å². The van der Waals surface area contributed by atoms with Gasteiger partial charge in [0.1, 0.15) is 17.6 Å². The molecule has 0 unspecified atom stereocenters. The van der Waals surface area contributed by atoms with Crippen LogP contribution in [-0.4, -0.2) is 50.2 Å². The van der Waals surface area contributed by atoms with Crippen LogP contribution in [0.5, 0.6) is 0 Å². The quantitative estimate of drug-likeness (QED) is 0.304. The third kappa shape index (κ3) is 6.14. The smallest absolute Gasteiger partial charge is 0.270 e. The summed E-state index contributed by atoms with van der Waals surface area (Å²) in [7, 11) is 0. The minimum Gasteiger partial charge on any atom is -0.376 e. The molecule has 2 amide bonds. The topological polar surface area (TPSA) is 114 Å². The lowest BCUT2D eigenvalue weighted by Gasteiger charge is -2.34. The molecule has 0 bridgehead atoms. The summed E-state index contributed by atoms with van der Waals surface area (Å²) in [5, 5.41) is 10.6. The van der Waals surface area contributed by atoms with E-state index in [0.717, 1.165) is 48.7 Å². The van der Waals surface area contributed by atoms with E-state index in [2.05, 4.69) is 20.7 Å². The minimum absolute atomic E-state index is 0.0364. The van der Waals surface area contributed by atoms with E-state index >= 15 is 0 Å². The Kier molecular flexibility index (Phi) is 7.56. The first-order valence-corrected chi connectivity index (χ1v) is 14.8. The van der Waals surface area contributed by atoms with Crippen molar-refractivity contribution in [3.63, 3.8) is 0 Å². The molecule has 1 aliphatic heterocycles. The Bertz CT molecular complexity index is 1400. The summed E-state index contributed by atoms with van der Waals surface area (Å²) in [6.45, 7) is 4.59. The molecular weight excluding hydrogens is 530 g/mol. The largest absolute Gasteiger partial charge is 0.376 e. The van der Waals surface area contributed by atoms with Crippen LogP contribution < -0.4 is 10.6 Å². The van der Waals surface area contributed by atoms with Crippen LogP contribution >= 0.6 is 0 Å². The number of aromatic nitrogens is 4. The van der Waals surface area contributed by atoms with E-state index in [9.17, 15) is 18.4 Å². The number of ether oxygens (including phenoxy) is 1. The Morgan fingerprint density at radius 1 is 1.12 bits per heavy atom. The van der Waals surface area contributed by atoms with Gasteiger partial charge < -0.3 is 20.4 Å². The number of amides is 2. The van der Waals surface area contributed by atoms with Crippen molar-refractivity contribution in [1.29, 1.82) is 0 Å². The van der Waals surface area contributed by atoms with E-state index in [1.807, 2.05) is 32.0 Å². The van der Waals surface area contributed by atoms with Crippen molar-refractivity contribution in [2.75, 3.05) is 6.61 Å². The van der Waals surface area contributed by atoms with E-state index < -0.39 is 12.0 Å². The van der Waals surface area contributed by atoms with Gasteiger partial charge in [-0.2, -0.15) is 5.10 Å². The number of hydrogen-bond donors (Lipinski definition) is 3. The normalized spacial score (nSPS) is 22.3. The summed E-state index contributed by atoms with van der Waals surface area (Å²) in [6.07, 6.45) is 5.94. The molecule has 6 rings (SSSR count). The molecule has 0 radical (unpaired) electrons. The number of nitrogens with zero attached hydrogens (tertiary/aromatic N) is 3. The molecule has 1 aromatic carbocycles. The molecule has 3 atom stereocenters. The maximum Gasteiger partial charge on any atom is 0.270 e. The molecular formula is C30H38F2N6O3. The van der Waals surface area contributed by atoms with E-state index in [0.29, 0.717) is 24.0 Å². The Labute approximate surface area is 237 Å². The Hall–Kier alpha value is -3.34. The first-order chi connectivity index (χ1) is 19.7. The number of nitrogens with one attached hydrogen (secondary N) is 3. The van der Waals surface area contributed by atoms with Crippen LogP contribution in [0, 0.1) is 11.8 Å². The average Bonchev–Trinajstić information content (AvgIpc) is 3.47. The lowest BCUT2D eigenvalue weighted by molar-refractivity contribution is -0.134. The standard InChI is InChI=1S/C30H38F2N6O3/c1-17(2)38-23(10-11-33-38)29(40)37-27(24-5-3-4-12-41-24)28-34-21-9-8-20(14-22(21)35-28)26(19-6-7-19)36-25(39)13-18-15-30(31,32)16-18/h8-11,14,17-19,24,26-27H,3-7,12-13,15-16H2,1-2H3,(H,34,35)(H,36,39)(H,37,40)/t24-,26+,27+/m0/s1. The molecule has 2 saturated carbocycles. The molecule has 2 aromatic heterocycles. The fourth-order valence-corrected chi connectivity index (χ4v) is 6.20. The number of imidazole rings is 1. The minimum atomic E-state index is -2.63. The van der Waals surface area contributed by atoms with Gasteiger partial charge in [0.2, 0.25) is 11.8 Å². The maximum absolute atomic E-state index is 13.4. The molecule has 1 saturated heterocycles. The van der Waals surface area contributed by atoms with Crippen molar-refractivity contribution in [3.8, 4) is 0 Å². The molecule has 41 heavy (non-hydrogen) atoms. The lowest BCUT2D eigenvalue weighted by Crippen LogP contribution is -2.40. The first kappa shape index (κ1) is 27.8. The molecule has 0 spiro atoms. The van der Waals surface area contributed by atoms with Gasteiger partial charge in [-0.25, -0.2) is 13.8 Å². The first-order valence-electron chi connectivity index (χ1n) is 14.8. The number of aromatic amines is 1. The van der Waals surface area contributed by atoms with Crippen LogP contribution in [0.15, 0.2) is 30.5 Å². The van der Waals surface area contributed by atoms with E-state index in [-0.39, 0.29) is 55.2 Å². The molecule has 3 aliphatic rings. The molecule has 3 N–H and O–H groups in total. The van der Waals surface area contributed by atoms with Gasteiger partial charge in [-0.15, -0.1) is 0 Å². The third-order valence-corrected chi connectivity index (χ3v) is 8.50. The highest BCUT2D eigenvalue weighted by atomic mass is 19.3. The van der Waals surface area contributed by atoms with Crippen LogP contribution in [0.4, 0.5) is 8.78 Å². The number of hydrogen-bond acceptors (Lipinski definition) is 5. The van der Waals surface area contributed by atoms with Crippen molar-refractivity contribution in [3.05, 3.63) is 47.5 Å². The second-order valence-corrected chi connectivity index (χ2v) is 12.2. The molecule has 11 heteroatoms. The number of benzene rings is 1. The predicted molar refractivity (Wildman–Crippen MR) is 148 cm³/mol. The number of fused-ring (bicyclic) bond motifs is 1. The van der Waals surface area contributed by atoms with Crippen LogP contribution in [-0.2, 0) is 9.53 Å². The summed E-state index contributed by atoms with van der Waals surface area (Å²) in [6, 6.07) is 6.99. The summed E-state index contributed by atoms with van der Waals surface area (Å²) < 4.78 is 34.3. The number of carbonyl (C=O) groups is 2. The SMILES string of the molecule is CC(C)n1nccc1C(=O)N[C@@H](c1nc2ccc([C@H](NC(=O)CC3CC(F)(F)C3)C3CC3)cc2[nH]1)[C@@H]1CCCCO1. The molecule has 3 heterocycles. The average molecular weight is 569 g/mol. The van der Waals surface area contributed by atoms with Crippen molar-refractivity contribution < 1.29 is 23.1 Å². The van der Waals surface area contributed by atoms with Gasteiger partial charge in [-0.1, -0.05) is 6.07 Å². The summed E-state index contributed by atoms with van der Waals surface area (Å²) >= 11 is 0. The Balaban J connectivity index is 1.22. The number of carbonyl (C=O) groups excluding carboxylic acids is 2. The van der Waals surface area contributed by atoms with Gasteiger partial charge >= 0.3 is 0 Å². The summed E-state index contributed by atoms with van der Waals surface area (Å²) in [5.74, 6) is -2.35. The number of alkyl halides is 2. The van der Waals surface area contributed by atoms with Gasteiger partial charge in [0.15, 0.2) is 0 Å². The van der Waals surface area contributed by atoms with E-state index in [1.165, 1.54) is 0 Å². The fraction of sp³-hybridized carbons (Fsp3) is 0.600. The highest BCUT2D eigenvalue weighted by Gasteiger charge is 2.46. The maximum atomic E-state index is 13.4. The molecule has 2 aliphatic carbocycles. The zero-order valence-corrected chi connectivity index (χ0v) is 23.5. The van der Waals surface area contributed by atoms with Crippen molar-refractivity contribution in [2.45, 2.75) is 95.4 Å². The molecule has 3 aromatic rings. The van der Waals surface area contributed by atoms with Gasteiger partial charge in [-0.3, -0.25) is 14.3 Å². The molecule has 3 fully saturated rings. The monoisotopic (exact) mass is 568 g/mol. The molecule has 220 valence electrons. The molecule has 9 nitrogen and oxygen atoms in total. The van der Waals surface area contributed by atoms with Crippen molar-refractivity contribution >= 4 is 22.8 Å². The van der Waals surface area contributed by atoms with Crippen LogP contribution in [0.2, 0.25) is 0 Å². The second kappa shape index (κ2) is 11.2. The highest BCUT2D eigenvalue weighted by Crippen LogP contribution is 2.45. The Morgan fingerprint density at radius 2 is 1.93 bits per heavy atom. The van der Waals surface area contributed by atoms with E-state index in [4.69, 9.17) is 9.72 Å². The number of rotatable bonds is 10. The van der Waals surface area contributed by atoms with Crippen LogP contribution in [0.3, 0.4) is 0 Å². The van der Waals surface area contributed by atoms with Gasteiger partial charge in [-0.05, 0) is 81.5 Å². The van der Waals surface area contributed by atoms with Crippen molar-refractivity contribution in [2.24, 2.45) is 11.8 Å². The summed E-state index contributed by atoms with van der Waals surface area (Å²) in [4.78, 5) is 34.4. The zero-order chi connectivity index (χ0) is 28.7. The third-order valence-electron chi connectivity index (χ3n) is 8.50. The number of H-pyrrole nitrogens is 1. The van der Waals surface area contributed by atoms with Gasteiger partial charge in [0.25, 0.3) is 5.91 Å². The Morgan fingerprint density at radius 3 is 2.61 bits per heavy atom. The number of halogens is 2. The van der Waals surface area contributed by atoms with Crippen molar-refractivity contribution in [1.82, 2.24) is 30.4 Å².